The number of amides is 1. The maximum absolute atomic E-state index is 12.8. The first-order valence-corrected chi connectivity index (χ1v) is 13.2. The fraction of sp³-hybridized carbons (Fsp3) is 0.194. The highest BCUT2D eigenvalue weighted by atomic mass is 32.2. The van der Waals surface area contributed by atoms with Crippen molar-refractivity contribution >= 4 is 23.4 Å². The average Bonchev–Trinajstić information content (AvgIpc) is 2.94. The molecule has 0 aliphatic heterocycles. The number of nitrogens with zero attached hydrogens (tertiary/aromatic N) is 2. The Balaban J connectivity index is 1.68. The summed E-state index contributed by atoms with van der Waals surface area (Å²) in [4.78, 5) is 17.6. The summed E-state index contributed by atoms with van der Waals surface area (Å²) in [6.45, 7) is 3.95. The van der Waals surface area contributed by atoms with Gasteiger partial charge in [0.15, 0.2) is 0 Å². The van der Waals surface area contributed by atoms with E-state index in [1.807, 2.05) is 86.6 Å². The molecule has 0 aliphatic carbocycles. The Hall–Kier alpha value is -4.28. The van der Waals surface area contributed by atoms with Crippen LogP contribution in [0.1, 0.15) is 23.1 Å². The van der Waals surface area contributed by atoms with Gasteiger partial charge in [0.25, 0.3) is 0 Å². The van der Waals surface area contributed by atoms with Crippen LogP contribution in [0.25, 0.3) is 22.4 Å². The van der Waals surface area contributed by atoms with Crippen molar-refractivity contribution in [2.45, 2.75) is 25.3 Å². The van der Waals surface area contributed by atoms with Crippen LogP contribution in [-0.4, -0.2) is 30.9 Å². The number of hydrogen-bond acceptors (Lipinski definition) is 6. The van der Waals surface area contributed by atoms with Crippen LogP contribution in [0.3, 0.4) is 0 Å². The molecule has 1 aromatic heterocycles. The second-order valence-corrected chi connectivity index (χ2v) is 9.78. The SMILES string of the molecule is COc1ccc(OC)c(-c2cc(-c3ccccc3)nc(SCCC(=O)Nc3c(C)cccc3C)c2C#N)c1. The minimum Gasteiger partial charge on any atom is -0.497 e. The fourth-order valence-electron chi connectivity index (χ4n) is 4.18. The molecule has 0 saturated heterocycles. The second-order valence-electron chi connectivity index (χ2n) is 8.69. The number of rotatable bonds is 9. The molecule has 0 unspecified atom stereocenters. The maximum Gasteiger partial charge on any atom is 0.225 e. The van der Waals surface area contributed by atoms with Crippen LogP contribution < -0.4 is 14.8 Å². The number of hydrogen-bond donors (Lipinski definition) is 1. The van der Waals surface area contributed by atoms with Gasteiger partial charge in [-0.25, -0.2) is 4.98 Å². The number of aromatic nitrogens is 1. The molecule has 0 aliphatic rings. The van der Waals surface area contributed by atoms with Gasteiger partial charge >= 0.3 is 0 Å². The number of aryl methyl sites for hydroxylation is 2. The number of thioether (sulfide) groups is 1. The molecule has 0 bridgehead atoms. The Kier molecular flexibility index (Phi) is 8.67. The Morgan fingerprint density at radius 2 is 1.68 bits per heavy atom. The minimum atomic E-state index is -0.0812. The number of carbonyl (C=O) groups is 1. The molecule has 0 atom stereocenters. The van der Waals surface area contributed by atoms with E-state index in [0.29, 0.717) is 33.4 Å². The number of anilines is 1. The van der Waals surface area contributed by atoms with Crippen molar-refractivity contribution in [1.29, 1.82) is 5.26 Å². The average molecular weight is 524 g/mol. The standard InChI is InChI=1S/C31H29N3O3S/c1-20-9-8-10-21(2)30(20)34-29(35)15-16-38-31-26(19-32)24(18-27(33-31)22-11-6-5-7-12-22)25-17-23(36-3)13-14-28(25)37-4/h5-14,17-18H,15-16H2,1-4H3,(H,34,35). The quantitative estimate of drug-likeness (QED) is 0.237. The number of carbonyl (C=O) groups excluding carboxylic acids is 1. The van der Waals surface area contributed by atoms with Crippen molar-refractivity contribution in [3.63, 3.8) is 0 Å². The molecule has 3 aromatic carbocycles. The van der Waals surface area contributed by atoms with Gasteiger partial charge in [0.2, 0.25) is 5.91 Å². The van der Waals surface area contributed by atoms with Crippen LogP contribution in [0.15, 0.2) is 77.8 Å². The van der Waals surface area contributed by atoms with Crippen molar-refractivity contribution in [2.24, 2.45) is 0 Å². The summed E-state index contributed by atoms with van der Waals surface area (Å²) in [5.41, 5.74) is 6.39. The van der Waals surface area contributed by atoms with Crippen molar-refractivity contribution in [2.75, 3.05) is 25.3 Å². The largest absolute Gasteiger partial charge is 0.497 e. The highest BCUT2D eigenvalue weighted by Gasteiger charge is 2.19. The minimum absolute atomic E-state index is 0.0812. The predicted molar refractivity (Wildman–Crippen MR) is 153 cm³/mol. The van der Waals surface area contributed by atoms with E-state index < -0.39 is 0 Å². The normalized spacial score (nSPS) is 10.5. The van der Waals surface area contributed by atoms with Crippen molar-refractivity contribution in [3.05, 3.63) is 89.5 Å². The molecule has 0 fully saturated rings. The third kappa shape index (κ3) is 5.99. The molecule has 0 saturated carbocycles. The van der Waals surface area contributed by atoms with Crippen LogP contribution in [-0.2, 0) is 4.79 Å². The van der Waals surface area contributed by atoms with Crippen molar-refractivity contribution < 1.29 is 14.3 Å². The third-order valence-electron chi connectivity index (χ3n) is 6.18. The van der Waals surface area contributed by atoms with E-state index in [-0.39, 0.29) is 12.3 Å². The lowest BCUT2D eigenvalue weighted by molar-refractivity contribution is -0.115. The number of benzene rings is 3. The fourth-order valence-corrected chi connectivity index (χ4v) is 5.13. The maximum atomic E-state index is 12.8. The van der Waals surface area contributed by atoms with E-state index in [1.54, 1.807) is 14.2 Å². The van der Waals surface area contributed by atoms with Gasteiger partial charge in [0.1, 0.15) is 22.6 Å². The molecule has 0 spiro atoms. The molecular weight excluding hydrogens is 494 g/mol. The number of methoxy groups -OCH3 is 2. The molecule has 0 radical (unpaired) electrons. The first kappa shape index (κ1) is 26.8. The summed E-state index contributed by atoms with van der Waals surface area (Å²) in [5, 5.41) is 13.8. The lowest BCUT2D eigenvalue weighted by Crippen LogP contribution is -2.14. The Morgan fingerprint density at radius 3 is 2.34 bits per heavy atom. The molecule has 1 amide bonds. The van der Waals surface area contributed by atoms with E-state index >= 15 is 0 Å². The molecule has 38 heavy (non-hydrogen) atoms. The van der Waals surface area contributed by atoms with Gasteiger partial charge in [-0.05, 0) is 49.2 Å². The highest BCUT2D eigenvalue weighted by Crippen LogP contribution is 2.40. The summed E-state index contributed by atoms with van der Waals surface area (Å²) in [6, 6.07) is 25.5. The van der Waals surface area contributed by atoms with Crippen LogP contribution >= 0.6 is 11.8 Å². The first-order valence-electron chi connectivity index (χ1n) is 12.2. The van der Waals surface area contributed by atoms with Gasteiger partial charge in [-0.2, -0.15) is 5.26 Å². The number of pyridine rings is 1. The molecule has 7 heteroatoms. The zero-order chi connectivity index (χ0) is 27.1. The van der Waals surface area contributed by atoms with Gasteiger partial charge in [-0.3, -0.25) is 4.79 Å². The zero-order valence-corrected chi connectivity index (χ0v) is 22.7. The van der Waals surface area contributed by atoms with Gasteiger partial charge in [-0.15, -0.1) is 11.8 Å². The number of ether oxygens (including phenoxy) is 2. The molecule has 1 N–H and O–H groups in total. The molecule has 192 valence electrons. The Morgan fingerprint density at radius 1 is 0.947 bits per heavy atom. The van der Waals surface area contributed by atoms with Crippen molar-refractivity contribution in [1.82, 2.24) is 4.98 Å². The Bertz CT molecular complexity index is 1480. The molecule has 6 nitrogen and oxygen atoms in total. The van der Waals surface area contributed by atoms with Crippen molar-refractivity contribution in [3.8, 4) is 40.0 Å². The second kappa shape index (κ2) is 12.3. The topological polar surface area (TPSA) is 84.2 Å². The van der Waals surface area contributed by atoms with Gasteiger partial charge in [0.05, 0.1) is 25.5 Å². The summed E-state index contributed by atoms with van der Waals surface area (Å²) in [7, 11) is 3.20. The van der Waals surface area contributed by atoms with E-state index in [4.69, 9.17) is 14.5 Å². The summed E-state index contributed by atoms with van der Waals surface area (Å²) < 4.78 is 11.1. The van der Waals surface area contributed by atoms with Crippen LogP contribution in [0, 0.1) is 25.2 Å². The van der Waals surface area contributed by atoms with Crippen LogP contribution in [0.5, 0.6) is 11.5 Å². The summed E-state index contributed by atoms with van der Waals surface area (Å²) >= 11 is 1.39. The number of nitrogens with one attached hydrogen (secondary N) is 1. The lowest BCUT2D eigenvalue weighted by atomic mass is 9.98. The van der Waals surface area contributed by atoms with E-state index in [0.717, 1.165) is 33.6 Å². The third-order valence-corrected chi connectivity index (χ3v) is 7.15. The summed E-state index contributed by atoms with van der Waals surface area (Å²) in [5.74, 6) is 1.66. The van der Waals surface area contributed by atoms with E-state index in [1.165, 1.54) is 11.8 Å². The zero-order valence-electron chi connectivity index (χ0n) is 21.9. The predicted octanol–water partition coefficient (Wildman–Crippen LogP) is 7.04. The van der Waals surface area contributed by atoms with Gasteiger partial charge < -0.3 is 14.8 Å². The monoisotopic (exact) mass is 523 g/mol. The number of para-hydroxylation sites is 1. The Labute approximate surface area is 227 Å². The van der Waals surface area contributed by atoms with Gasteiger partial charge in [-0.1, -0.05) is 48.5 Å². The van der Waals surface area contributed by atoms with Gasteiger partial charge in [0, 0.05) is 34.6 Å². The van der Waals surface area contributed by atoms with Crippen LogP contribution in [0.4, 0.5) is 5.69 Å². The van der Waals surface area contributed by atoms with E-state index in [2.05, 4.69) is 11.4 Å². The molecule has 4 aromatic rings. The summed E-state index contributed by atoms with van der Waals surface area (Å²) in [6.07, 6.45) is 0.276. The highest BCUT2D eigenvalue weighted by molar-refractivity contribution is 7.99. The lowest BCUT2D eigenvalue weighted by Gasteiger charge is -2.16. The molecular formula is C31H29N3O3S. The van der Waals surface area contributed by atoms with Crippen LogP contribution in [0.2, 0.25) is 0 Å². The number of nitriles is 1. The first-order chi connectivity index (χ1) is 18.4. The molecule has 4 rings (SSSR count). The smallest absolute Gasteiger partial charge is 0.225 e. The molecule has 1 heterocycles. The van der Waals surface area contributed by atoms with E-state index in [9.17, 15) is 10.1 Å².